The molecule has 1 saturated heterocycles. The van der Waals surface area contributed by atoms with Crippen molar-refractivity contribution in [2.24, 2.45) is 11.8 Å². The third-order valence-corrected chi connectivity index (χ3v) is 7.66. The summed E-state index contributed by atoms with van der Waals surface area (Å²) in [6.45, 7) is 3.24. The van der Waals surface area contributed by atoms with Gasteiger partial charge in [0.1, 0.15) is 0 Å². The van der Waals surface area contributed by atoms with Crippen LogP contribution >= 0.6 is 0 Å². The normalized spacial score (nSPS) is 30.6. The first-order chi connectivity index (χ1) is 14.4. The zero-order valence-electron chi connectivity index (χ0n) is 17.8. The molecule has 2 saturated carbocycles. The summed E-state index contributed by atoms with van der Waals surface area (Å²) in [5, 5.41) is 21.2. The highest BCUT2D eigenvalue weighted by atomic mass is 19.2. The van der Waals surface area contributed by atoms with Crippen LogP contribution in [0, 0.1) is 23.5 Å². The van der Waals surface area contributed by atoms with Gasteiger partial charge in [0.25, 0.3) is 0 Å². The molecule has 0 radical (unpaired) electrons. The fraction of sp³-hybridized carbons (Fsp3) is 0.750. The molecule has 2 N–H and O–H groups in total. The molecule has 0 aromatic heterocycles. The summed E-state index contributed by atoms with van der Waals surface area (Å²) >= 11 is 0. The van der Waals surface area contributed by atoms with Crippen LogP contribution in [-0.4, -0.2) is 29.2 Å². The fourth-order valence-corrected chi connectivity index (χ4v) is 5.81. The summed E-state index contributed by atoms with van der Waals surface area (Å²) in [6, 6.07) is 2.90. The first-order valence-electron chi connectivity index (χ1n) is 11.5. The van der Waals surface area contributed by atoms with Crippen molar-refractivity contribution in [3.05, 3.63) is 34.9 Å². The lowest BCUT2D eigenvalue weighted by molar-refractivity contribution is -0.186. The van der Waals surface area contributed by atoms with E-state index in [2.05, 4.69) is 0 Å². The van der Waals surface area contributed by atoms with Gasteiger partial charge in [0, 0.05) is 24.0 Å². The van der Waals surface area contributed by atoms with Gasteiger partial charge in [-0.05, 0) is 56.8 Å². The van der Waals surface area contributed by atoms with E-state index in [-0.39, 0.29) is 16.9 Å². The minimum absolute atomic E-state index is 0.0251. The van der Waals surface area contributed by atoms with Crippen LogP contribution in [0.1, 0.15) is 88.4 Å². The molecule has 6 heteroatoms. The Morgan fingerprint density at radius 3 is 2.10 bits per heavy atom. The van der Waals surface area contributed by atoms with Crippen LogP contribution in [-0.2, 0) is 15.1 Å². The first kappa shape index (κ1) is 22.1. The van der Waals surface area contributed by atoms with Crippen LogP contribution < -0.4 is 0 Å². The zero-order valence-corrected chi connectivity index (χ0v) is 17.8. The summed E-state index contributed by atoms with van der Waals surface area (Å²) in [5.74, 6) is -1.35. The van der Waals surface area contributed by atoms with Crippen LogP contribution in [0.2, 0.25) is 0 Å². The summed E-state index contributed by atoms with van der Waals surface area (Å²) in [7, 11) is 0. The molecule has 3 fully saturated rings. The predicted molar refractivity (Wildman–Crippen MR) is 109 cm³/mol. The van der Waals surface area contributed by atoms with E-state index >= 15 is 0 Å². The molecule has 1 unspecified atom stereocenters. The molecule has 3 aliphatic rings. The maximum absolute atomic E-state index is 14.8. The van der Waals surface area contributed by atoms with Crippen molar-refractivity contribution in [1.82, 2.24) is 0 Å². The second kappa shape index (κ2) is 8.81. The average Bonchev–Trinajstić information content (AvgIpc) is 3.19. The van der Waals surface area contributed by atoms with Gasteiger partial charge in [-0.2, -0.15) is 0 Å². The van der Waals surface area contributed by atoms with Crippen LogP contribution in [0.25, 0.3) is 0 Å². The SMILES string of the molecule is CCCC(O)c1ccc(C2(O)CCC(C3CCC4(CC3)OCCO4)CC2)c(F)c1F. The van der Waals surface area contributed by atoms with E-state index in [1.807, 2.05) is 6.92 Å². The van der Waals surface area contributed by atoms with Crippen molar-refractivity contribution in [3.8, 4) is 0 Å². The molecule has 1 aromatic rings. The Bertz CT molecular complexity index is 729. The molecule has 0 amide bonds. The number of hydrogen-bond acceptors (Lipinski definition) is 4. The van der Waals surface area contributed by atoms with Gasteiger partial charge in [0.2, 0.25) is 0 Å². The van der Waals surface area contributed by atoms with Crippen molar-refractivity contribution in [1.29, 1.82) is 0 Å². The minimum atomic E-state index is -1.34. The molecular formula is C24H34F2O4. The lowest BCUT2D eigenvalue weighted by Gasteiger charge is -2.43. The van der Waals surface area contributed by atoms with E-state index < -0.39 is 23.3 Å². The Balaban J connectivity index is 1.40. The van der Waals surface area contributed by atoms with Gasteiger partial charge >= 0.3 is 0 Å². The van der Waals surface area contributed by atoms with Crippen molar-refractivity contribution >= 4 is 0 Å². The van der Waals surface area contributed by atoms with Crippen LogP contribution in [0.4, 0.5) is 8.78 Å². The maximum atomic E-state index is 14.8. The molecule has 1 aliphatic heterocycles. The highest BCUT2D eigenvalue weighted by Crippen LogP contribution is 2.48. The van der Waals surface area contributed by atoms with Crippen molar-refractivity contribution in [3.63, 3.8) is 0 Å². The molecule has 4 rings (SSSR count). The summed E-state index contributed by atoms with van der Waals surface area (Å²) < 4.78 is 41.1. The van der Waals surface area contributed by atoms with E-state index in [4.69, 9.17) is 9.47 Å². The molecule has 0 bridgehead atoms. The van der Waals surface area contributed by atoms with Crippen LogP contribution in [0.5, 0.6) is 0 Å². The summed E-state index contributed by atoms with van der Waals surface area (Å²) in [5.41, 5.74) is -1.34. The fourth-order valence-electron chi connectivity index (χ4n) is 5.81. The number of hydrogen-bond donors (Lipinski definition) is 2. The summed E-state index contributed by atoms with van der Waals surface area (Å²) in [4.78, 5) is 0. The quantitative estimate of drug-likeness (QED) is 0.690. The van der Waals surface area contributed by atoms with E-state index in [1.54, 1.807) is 0 Å². The Labute approximate surface area is 177 Å². The number of rotatable bonds is 5. The Morgan fingerprint density at radius 2 is 1.53 bits per heavy atom. The second-order valence-corrected chi connectivity index (χ2v) is 9.45. The Morgan fingerprint density at radius 1 is 0.967 bits per heavy atom. The lowest BCUT2D eigenvalue weighted by atomic mass is 9.67. The maximum Gasteiger partial charge on any atom is 0.168 e. The average molecular weight is 425 g/mol. The van der Waals surface area contributed by atoms with Gasteiger partial charge in [-0.15, -0.1) is 0 Å². The van der Waals surface area contributed by atoms with Gasteiger partial charge in [-0.3, -0.25) is 0 Å². The topological polar surface area (TPSA) is 58.9 Å². The number of ether oxygens (including phenoxy) is 2. The molecule has 1 spiro atoms. The molecule has 168 valence electrons. The highest BCUT2D eigenvalue weighted by molar-refractivity contribution is 5.32. The third kappa shape index (κ3) is 4.16. The largest absolute Gasteiger partial charge is 0.388 e. The number of halogens is 2. The van der Waals surface area contributed by atoms with Crippen molar-refractivity contribution in [2.75, 3.05) is 13.2 Å². The van der Waals surface area contributed by atoms with Crippen LogP contribution in [0.3, 0.4) is 0 Å². The van der Waals surface area contributed by atoms with E-state index in [9.17, 15) is 19.0 Å². The van der Waals surface area contributed by atoms with Gasteiger partial charge < -0.3 is 19.7 Å². The molecule has 1 atom stereocenters. The number of aliphatic hydroxyl groups is 2. The van der Waals surface area contributed by atoms with Gasteiger partial charge in [0.05, 0.1) is 24.9 Å². The highest BCUT2D eigenvalue weighted by Gasteiger charge is 2.44. The standard InChI is InChI=1S/C24H34F2O4/c1-2-3-20(27)18-4-5-19(22(26)21(18)25)23(28)10-6-16(7-11-23)17-8-12-24(13-9-17)29-14-15-30-24/h4-5,16-17,20,27-28H,2-3,6-15H2,1H3. The van der Waals surface area contributed by atoms with Crippen molar-refractivity contribution in [2.45, 2.75) is 88.6 Å². The molecule has 30 heavy (non-hydrogen) atoms. The Hall–Kier alpha value is -1.08. The summed E-state index contributed by atoms with van der Waals surface area (Å²) in [6.07, 6.45) is 6.43. The second-order valence-electron chi connectivity index (χ2n) is 9.45. The monoisotopic (exact) mass is 424 g/mol. The minimum Gasteiger partial charge on any atom is -0.388 e. The number of benzene rings is 1. The smallest absolute Gasteiger partial charge is 0.168 e. The number of aliphatic hydroxyl groups excluding tert-OH is 1. The van der Waals surface area contributed by atoms with Gasteiger partial charge in [0.15, 0.2) is 17.4 Å². The van der Waals surface area contributed by atoms with Crippen LogP contribution in [0.15, 0.2) is 12.1 Å². The van der Waals surface area contributed by atoms with Gasteiger partial charge in [-0.25, -0.2) is 8.78 Å². The van der Waals surface area contributed by atoms with E-state index in [1.165, 1.54) is 12.1 Å². The molecule has 4 nitrogen and oxygen atoms in total. The molecule has 1 heterocycles. The molecule has 1 aromatic carbocycles. The Kier molecular flexibility index (Phi) is 6.50. The molecule has 2 aliphatic carbocycles. The lowest BCUT2D eigenvalue weighted by Crippen LogP contribution is -2.39. The van der Waals surface area contributed by atoms with Crippen molar-refractivity contribution < 1.29 is 28.5 Å². The first-order valence-corrected chi connectivity index (χ1v) is 11.5. The van der Waals surface area contributed by atoms with E-state index in [0.717, 1.165) is 38.5 Å². The van der Waals surface area contributed by atoms with E-state index in [0.29, 0.717) is 50.7 Å². The zero-order chi connectivity index (χ0) is 21.4. The van der Waals surface area contributed by atoms with Gasteiger partial charge in [-0.1, -0.05) is 25.5 Å². The predicted octanol–water partition coefficient (Wildman–Crippen LogP) is 5.11. The third-order valence-electron chi connectivity index (χ3n) is 7.66. The molecular weight excluding hydrogens is 390 g/mol.